The van der Waals surface area contributed by atoms with Crippen molar-refractivity contribution in [2.45, 2.75) is 13.0 Å². The molecule has 0 amide bonds. The van der Waals surface area contributed by atoms with E-state index in [9.17, 15) is 0 Å². The monoisotopic (exact) mass is 338 g/mol. The largest absolute Gasteiger partial charge is 0.362 e. The topological polar surface area (TPSA) is 41.9 Å². The van der Waals surface area contributed by atoms with Gasteiger partial charge in [-0.25, -0.2) is 0 Å². The summed E-state index contributed by atoms with van der Waals surface area (Å²) in [6.45, 7) is 1.68. The van der Waals surface area contributed by atoms with Crippen LogP contribution in [0.1, 0.15) is 6.42 Å². The molecule has 0 fully saturated rings. The van der Waals surface area contributed by atoms with Crippen LogP contribution in [0, 0.1) is 0 Å². The minimum atomic E-state index is 0.646. The molecule has 0 atom stereocenters. The Balaban J connectivity index is 1.64. The van der Waals surface area contributed by atoms with E-state index in [1.165, 1.54) is 0 Å². The zero-order chi connectivity index (χ0) is 13.5. The molecule has 0 aliphatic heterocycles. The van der Waals surface area contributed by atoms with Gasteiger partial charge in [-0.15, -0.1) is 0 Å². The number of aryl methyl sites for hydroxylation is 1. The minimum Gasteiger partial charge on any atom is -0.362 e. The number of halogens is 1. The lowest BCUT2D eigenvalue weighted by atomic mass is 10.3. The van der Waals surface area contributed by atoms with Gasteiger partial charge in [0.15, 0.2) is 5.11 Å². The molecule has 100 valence electrons. The number of rotatable bonds is 5. The molecule has 1 aromatic carbocycles. The molecule has 0 aliphatic rings. The van der Waals surface area contributed by atoms with Gasteiger partial charge in [0.25, 0.3) is 0 Å². The van der Waals surface area contributed by atoms with E-state index in [0.29, 0.717) is 5.11 Å². The number of nitrogens with one attached hydrogen (secondary N) is 2. The van der Waals surface area contributed by atoms with Crippen LogP contribution in [0.2, 0.25) is 0 Å². The SMILES string of the molecule is S=C(NCCCn1cc(Br)cn1)Nc1ccccc1. The number of aromatic nitrogens is 2. The Labute approximate surface area is 126 Å². The maximum atomic E-state index is 5.22. The standard InChI is InChI=1S/C13H15BrN4S/c14-11-9-16-18(10-11)8-4-7-15-13(19)17-12-5-2-1-3-6-12/h1-3,5-6,9-10H,4,7-8H2,(H2,15,17,19). The van der Waals surface area contributed by atoms with Gasteiger partial charge in [0.1, 0.15) is 0 Å². The fourth-order valence-electron chi connectivity index (χ4n) is 1.60. The fourth-order valence-corrected chi connectivity index (χ4v) is 2.15. The van der Waals surface area contributed by atoms with Crippen molar-refractivity contribution in [3.05, 3.63) is 47.2 Å². The van der Waals surface area contributed by atoms with Crippen molar-refractivity contribution in [3.63, 3.8) is 0 Å². The van der Waals surface area contributed by atoms with Crippen LogP contribution >= 0.6 is 28.1 Å². The van der Waals surface area contributed by atoms with Crippen LogP contribution in [-0.4, -0.2) is 21.4 Å². The number of hydrogen-bond acceptors (Lipinski definition) is 2. The van der Waals surface area contributed by atoms with E-state index in [1.807, 2.05) is 41.2 Å². The summed E-state index contributed by atoms with van der Waals surface area (Å²) in [5.74, 6) is 0. The molecule has 2 N–H and O–H groups in total. The van der Waals surface area contributed by atoms with Crippen LogP contribution in [-0.2, 0) is 6.54 Å². The zero-order valence-electron chi connectivity index (χ0n) is 10.3. The Morgan fingerprint density at radius 3 is 2.79 bits per heavy atom. The van der Waals surface area contributed by atoms with E-state index >= 15 is 0 Å². The summed E-state index contributed by atoms with van der Waals surface area (Å²) in [7, 11) is 0. The molecular formula is C13H15BrN4S. The zero-order valence-corrected chi connectivity index (χ0v) is 12.7. The molecular weight excluding hydrogens is 324 g/mol. The van der Waals surface area contributed by atoms with Crippen molar-refractivity contribution < 1.29 is 0 Å². The summed E-state index contributed by atoms with van der Waals surface area (Å²) in [6.07, 6.45) is 4.71. The quantitative estimate of drug-likeness (QED) is 0.649. The van der Waals surface area contributed by atoms with E-state index in [-0.39, 0.29) is 0 Å². The highest BCUT2D eigenvalue weighted by Crippen LogP contribution is 2.06. The van der Waals surface area contributed by atoms with E-state index in [2.05, 4.69) is 31.7 Å². The van der Waals surface area contributed by atoms with Crippen LogP contribution in [0.15, 0.2) is 47.2 Å². The van der Waals surface area contributed by atoms with Gasteiger partial charge in [0.05, 0.1) is 10.7 Å². The summed E-state index contributed by atoms with van der Waals surface area (Å²) in [6, 6.07) is 9.88. The van der Waals surface area contributed by atoms with Gasteiger partial charge in [-0.05, 0) is 46.7 Å². The van der Waals surface area contributed by atoms with E-state index in [1.54, 1.807) is 6.20 Å². The lowest BCUT2D eigenvalue weighted by Gasteiger charge is -2.10. The second-order valence-electron chi connectivity index (χ2n) is 4.02. The molecule has 2 aromatic rings. The molecule has 1 aromatic heterocycles. The highest BCUT2D eigenvalue weighted by Gasteiger charge is 1.97. The highest BCUT2D eigenvalue weighted by molar-refractivity contribution is 9.10. The number of hydrogen-bond donors (Lipinski definition) is 2. The lowest BCUT2D eigenvalue weighted by molar-refractivity contribution is 0.573. The van der Waals surface area contributed by atoms with Crippen LogP contribution in [0.5, 0.6) is 0 Å². The van der Waals surface area contributed by atoms with Crippen molar-refractivity contribution in [1.29, 1.82) is 0 Å². The fraction of sp³-hybridized carbons (Fsp3) is 0.231. The van der Waals surface area contributed by atoms with Gasteiger partial charge in [0, 0.05) is 25.0 Å². The van der Waals surface area contributed by atoms with Gasteiger partial charge >= 0.3 is 0 Å². The molecule has 0 bridgehead atoms. The van der Waals surface area contributed by atoms with Gasteiger partial charge in [0.2, 0.25) is 0 Å². The Hall–Kier alpha value is -1.40. The first-order chi connectivity index (χ1) is 9.24. The first-order valence-corrected chi connectivity index (χ1v) is 7.22. The third-order valence-electron chi connectivity index (χ3n) is 2.48. The smallest absolute Gasteiger partial charge is 0.170 e. The van der Waals surface area contributed by atoms with Crippen molar-refractivity contribution in [2.24, 2.45) is 0 Å². The molecule has 6 heteroatoms. The second kappa shape index (κ2) is 7.25. The molecule has 19 heavy (non-hydrogen) atoms. The maximum absolute atomic E-state index is 5.22. The van der Waals surface area contributed by atoms with E-state index in [0.717, 1.165) is 29.7 Å². The van der Waals surface area contributed by atoms with Crippen molar-refractivity contribution in [2.75, 3.05) is 11.9 Å². The number of nitrogens with zero attached hydrogens (tertiary/aromatic N) is 2. The summed E-state index contributed by atoms with van der Waals surface area (Å²) in [4.78, 5) is 0. The maximum Gasteiger partial charge on any atom is 0.170 e. The molecule has 0 spiro atoms. The first kappa shape index (κ1) is 14.0. The Bertz CT molecular complexity index is 526. The molecule has 0 unspecified atom stereocenters. The van der Waals surface area contributed by atoms with E-state index in [4.69, 9.17) is 12.2 Å². The molecule has 0 aliphatic carbocycles. The average molecular weight is 339 g/mol. The first-order valence-electron chi connectivity index (χ1n) is 6.02. The molecule has 0 saturated carbocycles. The number of para-hydroxylation sites is 1. The van der Waals surface area contributed by atoms with Gasteiger partial charge in [-0.2, -0.15) is 5.10 Å². The Morgan fingerprint density at radius 2 is 2.11 bits per heavy atom. The molecule has 1 heterocycles. The minimum absolute atomic E-state index is 0.646. The van der Waals surface area contributed by atoms with Crippen LogP contribution in [0.4, 0.5) is 5.69 Å². The summed E-state index contributed by atoms with van der Waals surface area (Å²) >= 11 is 8.59. The number of thiocarbonyl (C=S) groups is 1. The molecule has 0 saturated heterocycles. The second-order valence-corrected chi connectivity index (χ2v) is 5.35. The Morgan fingerprint density at radius 1 is 1.32 bits per heavy atom. The van der Waals surface area contributed by atoms with Gasteiger partial charge in [-0.1, -0.05) is 18.2 Å². The summed E-state index contributed by atoms with van der Waals surface area (Å²) in [5, 5.41) is 11.2. The third-order valence-corrected chi connectivity index (χ3v) is 3.14. The van der Waals surface area contributed by atoms with Crippen LogP contribution in [0.3, 0.4) is 0 Å². The van der Waals surface area contributed by atoms with Crippen molar-refractivity contribution in [3.8, 4) is 0 Å². The molecule has 2 rings (SSSR count). The summed E-state index contributed by atoms with van der Waals surface area (Å²) in [5.41, 5.74) is 0.996. The van der Waals surface area contributed by atoms with Gasteiger partial charge < -0.3 is 10.6 Å². The normalized spacial score (nSPS) is 10.2. The van der Waals surface area contributed by atoms with Crippen LogP contribution < -0.4 is 10.6 Å². The Kier molecular flexibility index (Phi) is 5.35. The number of anilines is 1. The predicted molar refractivity (Wildman–Crippen MR) is 85.2 cm³/mol. The van der Waals surface area contributed by atoms with Crippen molar-refractivity contribution >= 4 is 38.9 Å². The number of benzene rings is 1. The van der Waals surface area contributed by atoms with Crippen molar-refractivity contribution in [1.82, 2.24) is 15.1 Å². The van der Waals surface area contributed by atoms with Crippen LogP contribution in [0.25, 0.3) is 0 Å². The highest BCUT2D eigenvalue weighted by atomic mass is 79.9. The van der Waals surface area contributed by atoms with Gasteiger partial charge in [-0.3, -0.25) is 4.68 Å². The molecule has 0 radical (unpaired) electrons. The summed E-state index contributed by atoms with van der Waals surface area (Å²) < 4.78 is 2.90. The third kappa shape index (κ3) is 5.00. The van der Waals surface area contributed by atoms with E-state index < -0.39 is 0 Å². The molecule has 4 nitrogen and oxygen atoms in total. The average Bonchev–Trinajstić information content (AvgIpc) is 2.82. The predicted octanol–water partition coefficient (Wildman–Crippen LogP) is 3.02. The lowest BCUT2D eigenvalue weighted by Crippen LogP contribution is -2.29.